The first-order chi connectivity index (χ1) is 13.4. The number of primary amides is 1. The predicted octanol–water partition coefficient (Wildman–Crippen LogP) is 1.76. The third-order valence-electron chi connectivity index (χ3n) is 5.60. The maximum atomic E-state index is 12.3. The van der Waals surface area contributed by atoms with E-state index in [1.807, 2.05) is 6.07 Å². The van der Waals surface area contributed by atoms with Crippen molar-refractivity contribution in [2.24, 2.45) is 5.73 Å². The van der Waals surface area contributed by atoms with Crippen molar-refractivity contribution in [1.82, 2.24) is 19.8 Å². The standard InChI is InChI=1S/C21H25N5O2/c1-13-11-26(8-7-25(13)2)12-14-3-5-17-15(9-14)10-19(23-17)16-4-6-18(20(22)27)24-21(16)28/h3-6,9-10,13,23H,7-8,11-12H2,1-2H3,(H2,22,27)(H,24,28). The van der Waals surface area contributed by atoms with Crippen LogP contribution in [0.15, 0.2) is 41.2 Å². The highest BCUT2D eigenvalue weighted by atomic mass is 16.1. The molecule has 1 aliphatic heterocycles. The van der Waals surface area contributed by atoms with Gasteiger partial charge in [0.1, 0.15) is 5.69 Å². The van der Waals surface area contributed by atoms with E-state index in [1.54, 1.807) is 6.07 Å². The van der Waals surface area contributed by atoms with Crippen LogP contribution in [0, 0.1) is 0 Å². The first kappa shape index (κ1) is 18.5. The molecule has 146 valence electrons. The second-order valence-electron chi connectivity index (χ2n) is 7.65. The van der Waals surface area contributed by atoms with E-state index in [-0.39, 0.29) is 11.3 Å². The molecule has 28 heavy (non-hydrogen) atoms. The topological polar surface area (TPSA) is 98.2 Å². The van der Waals surface area contributed by atoms with Crippen LogP contribution in [0.1, 0.15) is 23.0 Å². The van der Waals surface area contributed by atoms with Gasteiger partial charge in [0, 0.05) is 43.1 Å². The molecule has 0 aliphatic carbocycles. The molecule has 0 spiro atoms. The van der Waals surface area contributed by atoms with Crippen molar-refractivity contribution in [3.05, 3.63) is 58.0 Å². The van der Waals surface area contributed by atoms with Crippen LogP contribution in [0.3, 0.4) is 0 Å². The van der Waals surface area contributed by atoms with Gasteiger partial charge in [-0.15, -0.1) is 0 Å². The molecule has 0 radical (unpaired) electrons. The van der Waals surface area contributed by atoms with E-state index in [0.717, 1.165) is 42.8 Å². The van der Waals surface area contributed by atoms with E-state index in [2.05, 4.69) is 51.9 Å². The Hall–Kier alpha value is -2.90. The summed E-state index contributed by atoms with van der Waals surface area (Å²) in [6, 6.07) is 12.0. The fourth-order valence-electron chi connectivity index (χ4n) is 3.78. The number of likely N-dealkylation sites (N-methyl/N-ethyl adjacent to an activating group) is 1. The summed E-state index contributed by atoms with van der Waals surface area (Å²) in [5.41, 5.74) is 8.42. The number of rotatable bonds is 4. The number of nitrogens with two attached hydrogens (primary N) is 1. The maximum absolute atomic E-state index is 12.3. The number of hydrogen-bond donors (Lipinski definition) is 3. The number of carbonyl (C=O) groups excluding carboxylic acids is 1. The summed E-state index contributed by atoms with van der Waals surface area (Å²) in [7, 11) is 2.17. The molecule has 1 fully saturated rings. The zero-order valence-corrected chi connectivity index (χ0v) is 16.2. The number of hydrogen-bond acceptors (Lipinski definition) is 4. The van der Waals surface area contributed by atoms with Crippen molar-refractivity contribution in [2.75, 3.05) is 26.7 Å². The average molecular weight is 379 g/mol. The summed E-state index contributed by atoms with van der Waals surface area (Å²) in [4.78, 5) is 34.2. The molecular formula is C21H25N5O2. The fourth-order valence-corrected chi connectivity index (χ4v) is 3.78. The summed E-state index contributed by atoms with van der Waals surface area (Å²) in [5, 5.41) is 1.06. The Morgan fingerprint density at radius 1 is 1.18 bits per heavy atom. The van der Waals surface area contributed by atoms with Crippen LogP contribution < -0.4 is 11.3 Å². The number of nitrogens with zero attached hydrogens (tertiary/aromatic N) is 2. The van der Waals surface area contributed by atoms with E-state index in [9.17, 15) is 9.59 Å². The summed E-state index contributed by atoms with van der Waals surface area (Å²) >= 11 is 0. The number of carbonyl (C=O) groups is 1. The van der Waals surface area contributed by atoms with Gasteiger partial charge >= 0.3 is 0 Å². The second-order valence-corrected chi connectivity index (χ2v) is 7.65. The number of aromatic amines is 2. The molecule has 7 nitrogen and oxygen atoms in total. The van der Waals surface area contributed by atoms with Crippen molar-refractivity contribution in [3.63, 3.8) is 0 Å². The highest BCUT2D eigenvalue weighted by Crippen LogP contribution is 2.24. The van der Waals surface area contributed by atoms with Gasteiger partial charge in [-0.05, 0) is 49.9 Å². The Kier molecular flexibility index (Phi) is 4.78. The number of piperazine rings is 1. The third kappa shape index (κ3) is 3.58. The lowest BCUT2D eigenvalue weighted by atomic mass is 10.1. The minimum absolute atomic E-state index is 0.105. The molecule has 0 saturated carbocycles. The lowest BCUT2D eigenvalue weighted by molar-refractivity contribution is 0.0995. The molecule has 0 bridgehead atoms. The first-order valence-electron chi connectivity index (χ1n) is 9.48. The lowest BCUT2D eigenvalue weighted by Gasteiger charge is -2.37. The van der Waals surface area contributed by atoms with E-state index in [4.69, 9.17) is 5.73 Å². The highest BCUT2D eigenvalue weighted by Gasteiger charge is 2.20. The number of fused-ring (bicyclic) bond motifs is 1. The lowest BCUT2D eigenvalue weighted by Crippen LogP contribution is -2.49. The van der Waals surface area contributed by atoms with Gasteiger partial charge in [0.2, 0.25) is 0 Å². The van der Waals surface area contributed by atoms with E-state index < -0.39 is 5.91 Å². The SMILES string of the molecule is CC1CN(Cc2ccc3[nH]c(-c4ccc(C(N)=O)[nH]c4=O)cc3c2)CCN1C. The number of benzene rings is 1. The monoisotopic (exact) mass is 379 g/mol. The molecule has 4 N–H and O–H groups in total. The van der Waals surface area contributed by atoms with Gasteiger partial charge < -0.3 is 20.6 Å². The van der Waals surface area contributed by atoms with E-state index >= 15 is 0 Å². The van der Waals surface area contributed by atoms with Gasteiger partial charge in [-0.25, -0.2) is 0 Å². The van der Waals surface area contributed by atoms with Gasteiger partial charge in [-0.3, -0.25) is 14.5 Å². The molecule has 7 heteroatoms. The Morgan fingerprint density at radius 2 is 2.00 bits per heavy atom. The average Bonchev–Trinajstić information content (AvgIpc) is 3.07. The van der Waals surface area contributed by atoms with E-state index in [0.29, 0.717) is 11.6 Å². The molecule has 2 aromatic heterocycles. The highest BCUT2D eigenvalue weighted by molar-refractivity contribution is 5.91. The zero-order valence-electron chi connectivity index (χ0n) is 16.2. The van der Waals surface area contributed by atoms with Crippen molar-refractivity contribution in [2.45, 2.75) is 19.5 Å². The first-order valence-corrected chi connectivity index (χ1v) is 9.48. The quantitative estimate of drug-likeness (QED) is 0.643. The van der Waals surface area contributed by atoms with Crippen LogP contribution in [0.4, 0.5) is 0 Å². The molecule has 1 aromatic carbocycles. The smallest absolute Gasteiger partial charge is 0.265 e. The van der Waals surface area contributed by atoms with Gasteiger partial charge in [-0.1, -0.05) is 6.07 Å². The van der Waals surface area contributed by atoms with Crippen molar-refractivity contribution in [3.8, 4) is 11.3 Å². The minimum atomic E-state index is -0.650. The third-order valence-corrected chi connectivity index (χ3v) is 5.60. The van der Waals surface area contributed by atoms with Crippen LogP contribution in [0.5, 0.6) is 0 Å². The number of pyridine rings is 1. The second kappa shape index (κ2) is 7.26. The number of aromatic nitrogens is 2. The normalized spacial score (nSPS) is 18.6. The molecule has 1 atom stereocenters. The van der Waals surface area contributed by atoms with Crippen LogP contribution in [-0.2, 0) is 6.54 Å². The van der Waals surface area contributed by atoms with Gasteiger partial charge in [0.05, 0.1) is 11.3 Å². The predicted molar refractivity (Wildman–Crippen MR) is 110 cm³/mol. The molecule has 1 aliphatic rings. The number of H-pyrrole nitrogens is 2. The minimum Gasteiger partial charge on any atom is -0.364 e. The van der Waals surface area contributed by atoms with Gasteiger partial charge in [-0.2, -0.15) is 0 Å². The molecule has 3 heterocycles. The van der Waals surface area contributed by atoms with Crippen LogP contribution >= 0.6 is 0 Å². The number of amides is 1. The summed E-state index contributed by atoms with van der Waals surface area (Å²) < 4.78 is 0. The van der Waals surface area contributed by atoms with E-state index in [1.165, 1.54) is 11.6 Å². The molecule has 1 saturated heterocycles. The van der Waals surface area contributed by atoms with Crippen molar-refractivity contribution < 1.29 is 4.79 Å². The Morgan fingerprint density at radius 3 is 2.71 bits per heavy atom. The van der Waals surface area contributed by atoms with Crippen molar-refractivity contribution >= 4 is 16.8 Å². The number of nitrogens with one attached hydrogen (secondary N) is 2. The zero-order chi connectivity index (χ0) is 19.8. The van der Waals surface area contributed by atoms with Crippen LogP contribution in [0.2, 0.25) is 0 Å². The maximum Gasteiger partial charge on any atom is 0.265 e. The summed E-state index contributed by atoms with van der Waals surface area (Å²) in [6.45, 7) is 6.40. The summed E-state index contributed by atoms with van der Waals surface area (Å²) in [6.07, 6.45) is 0. The Labute approximate surface area is 163 Å². The molecular weight excluding hydrogens is 354 g/mol. The Balaban J connectivity index is 1.59. The fraction of sp³-hybridized carbons (Fsp3) is 0.333. The summed E-state index contributed by atoms with van der Waals surface area (Å²) in [5.74, 6) is -0.650. The van der Waals surface area contributed by atoms with Gasteiger partial charge in [0.15, 0.2) is 0 Å². The molecule has 3 aromatic rings. The van der Waals surface area contributed by atoms with Gasteiger partial charge in [0.25, 0.3) is 11.5 Å². The largest absolute Gasteiger partial charge is 0.364 e. The van der Waals surface area contributed by atoms with Crippen molar-refractivity contribution in [1.29, 1.82) is 0 Å². The molecule has 1 unspecified atom stereocenters. The van der Waals surface area contributed by atoms with Crippen LogP contribution in [-0.4, -0.2) is 58.4 Å². The molecule has 1 amide bonds. The van der Waals surface area contributed by atoms with Crippen LogP contribution in [0.25, 0.3) is 22.2 Å². The molecule has 4 rings (SSSR count). The Bertz CT molecular complexity index is 1080.